The molecule has 1 aromatic carbocycles. The van der Waals surface area contributed by atoms with Crippen LogP contribution in [0.4, 0.5) is 8.78 Å². The smallest absolute Gasteiger partial charge is 0.142 e. The van der Waals surface area contributed by atoms with Gasteiger partial charge in [0.25, 0.3) is 0 Å². The zero-order chi connectivity index (χ0) is 12.8. The molecule has 4 nitrogen and oxygen atoms in total. The van der Waals surface area contributed by atoms with E-state index in [0.29, 0.717) is 12.1 Å². The Morgan fingerprint density at radius 1 is 1.44 bits per heavy atom. The number of rotatable bonds is 3. The highest BCUT2D eigenvalue weighted by Gasteiger charge is 2.56. The van der Waals surface area contributed by atoms with E-state index < -0.39 is 17.2 Å². The van der Waals surface area contributed by atoms with Crippen molar-refractivity contribution in [2.45, 2.75) is 25.2 Å². The zero-order valence-corrected chi connectivity index (χ0v) is 9.68. The second-order valence-corrected chi connectivity index (χ2v) is 4.37. The van der Waals surface area contributed by atoms with E-state index in [1.54, 1.807) is 4.68 Å². The van der Waals surface area contributed by atoms with Gasteiger partial charge in [-0.1, -0.05) is 6.07 Å². The maximum atomic E-state index is 13.8. The summed E-state index contributed by atoms with van der Waals surface area (Å²) in [5, 5.41) is 3.98. The van der Waals surface area contributed by atoms with Crippen LogP contribution in [0.3, 0.4) is 0 Å². The molecule has 1 aliphatic heterocycles. The van der Waals surface area contributed by atoms with Gasteiger partial charge in [0.2, 0.25) is 0 Å². The Kier molecular flexibility index (Phi) is 2.41. The summed E-state index contributed by atoms with van der Waals surface area (Å²) in [6.45, 7) is 2.20. The molecule has 3 rings (SSSR count). The number of hydrogen-bond acceptors (Lipinski definition) is 3. The summed E-state index contributed by atoms with van der Waals surface area (Å²) in [6.07, 6.45) is 2.81. The van der Waals surface area contributed by atoms with Crippen molar-refractivity contribution in [1.82, 2.24) is 14.8 Å². The third-order valence-electron chi connectivity index (χ3n) is 3.24. The SMILES string of the molecule is C[C@H]1OC1(Cn1cncn1)c1ccc(F)cc1F. The standard InChI is InChI=1S/C12H11F2N3O/c1-8-12(18-8,5-17-7-15-6-16-17)10-3-2-9(13)4-11(10)14/h2-4,6-8H,5H2,1H3/t8-,12?/m1/s1. The molecule has 1 aliphatic rings. The minimum Gasteiger partial charge on any atom is -0.359 e. The lowest BCUT2D eigenvalue weighted by atomic mass is 9.95. The van der Waals surface area contributed by atoms with Crippen LogP contribution in [0.25, 0.3) is 0 Å². The molecule has 1 aromatic heterocycles. The highest BCUT2D eigenvalue weighted by molar-refractivity contribution is 5.30. The average molecular weight is 251 g/mol. The molecule has 18 heavy (non-hydrogen) atoms. The van der Waals surface area contributed by atoms with Gasteiger partial charge in [0, 0.05) is 11.6 Å². The van der Waals surface area contributed by atoms with Crippen LogP contribution in [-0.4, -0.2) is 20.9 Å². The van der Waals surface area contributed by atoms with Gasteiger partial charge in [0.05, 0.1) is 12.6 Å². The van der Waals surface area contributed by atoms with Crippen LogP contribution in [0, 0.1) is 11.6 Å². The third-order valence-corrected chi connectivity index (χ3v) is 3.24. The van der Waals surface area contributed by atoms with Gasteiger partial charge in [-0.3, -0.25) is 0 Å². The number of hydrogen-bond donors (Lipinski definition) is 0. The van der Waals surface area contributed by atoms with E-state index in [9.17, 15) is 8.78 Å². The monoisotopic (exact) mass is 251 g/mol. The molecule has 0 saturated carbocycles. The van der Waals surface area contributed by atoms with Gasteiger partial charge < -0.3 is 4.74 Å². The van der Waals surface area contributed by atoms with E-state index in [-0.39, 0.29) is 6.10 Å². The number of halogens is 2. The molecule has 0 bridgehead atoms. The van der Waals surface area contributed by atoms with Gasteiger partial charge in [-0.2, -0.15) is 5.10 Å². The molecule has 0 radical (unpaired) electrons. The largest absolute Gasteiger partial charge is 0.359 e. The quantitative estimate of drug-likeness (QED) is 0.782. The second kappa shape index (κ2) is 3.84. The normalized spacial score (nSPS) is 26.3. The van der Waals surface area contributed by atoms with E-state index in [0.717, 1.165) is 6.07 Å². The summed E-state index contributed by atoms with van der Waals surface area (Å²) >= 11 is 0. The van der Waals surface area contributed by atoms with Crippen LogP contribution in [-0.2, 0) is 16.9 Å². The van der Waals surface area contributed by atoms with Crippen LogP contribution in [0.5, 0.6) is 0 Å². The lowest BCUT2D eigenvalue weighted by molar-refractivity contribution is 0.257. The van der Waals surface area contributed by atoms with Crippen molar-refractivity contribution in [3.05, 3.63) is 48.1 Å². The minimum atomic E-state index is -0.772. The summed E-state index contributed by atoms with van der Waals surface area (Å²) in [5.74, 6) is -1.19. The van der Waals surface area contributed by atoms with E-state index in [4.69, 9.17) is 4.74 Å². The summed E-state index contributed by atoms with van der Waals surface area (Å²) < 4.78 is 33.9. The number of aromatic nitrogens is 3. The van der Waals surface area contributed by atoms with E-state index in [2.05, 4.69) is 10.1 Å². The molecule has 1 saturated heterocycles. The van der Waals surface area contributed by atoms with Crippen LogP contribution in [0.1, 0.15) is 12.5 Å². The van der Waals surface area contributed by atoms with E-state index in [1.165, 1.54) is 24.8 Å². The summed E-state index contributed by atoms with van der Waals surface area (Å²) in [5.41, 5.74) is -0.419. The Morgan fingerprint density at radius 2 is 2.22 bits per heavy atom. The fraction of sp³-hybridized carbons (Fsp3) is 0.333. The third kappa shape index (κ3) is 1.69. The molecule has 0 N–H and O–H groups in total. The lowest BCUT2D eigenvalue weighted by Crippen LogP contribution is -2.22. The van der Waals surface area contributed by atoms with Gasteiger partial charge in [0.15, 0.2) is 0 Å². The fourth-order valence-corrected chi connectivity index (χ4v) is 2.20. The van der Waals surface area contributed by atoms with Crippen LogP contribution in [0.15, 0.2) is 30.9 Å². The molecule has 0 amide bonds. The van der Waals surface area contributed by atoms with Crippen molar-refractivity contribution in [3.63, 3.8) is 0 Å². The van der Waals surface area contributed by atoms with Crippen molar-refractivity contribution in [2.75, 3.05) is 0 Å². The predicted octanol–water partition coefficient (Wildman–Crippen LogP) is 1.87. The van der Waals surface area contributed by atoms with Crippen molar-refractivity contribution in [1.29, 1.82) is 0 Å². The summed E-state index contributed by atoms with van der Waals surface area (Å²) in [7, 11) is 0. The summed E-state index contributed by atoms with van der Waals surface area (Å²) in [4.78, 5) is 3.83. The van der Waals surface area contributed by atoms with Gasteiger partial charge in [0.1, 0.15) is 29.9 Å². The molecular formula is C12H11F2N3O. The first kappa shape index (κ1) is 11.3. The number of benzene rings is 1. The molecule has 0 spiro atoms. The van der Waals surface area contributed by atoms with Crippen LogP contribution >= 0.6 is 0 Å². The molecule has 1 fully saturated rings. The van der Waals surface area contributed by atoms with Crippen molar-refractivity contribution in [3.8, 4) is 0 Å². The zero-order valence-electron chi connectivity index (χ0n) is 9.68. The molecule has 6 heteroatoms. The Hall–Kier alpha value is -1.82. The van der Waals surface area contributed by atoms with Crippen molar-refractivity contribution in [2.24, 2.45) is 0 Å². The topological polar surface area (TPSA) is 43.2 Å². The lowest BCUT2D eigenvalue weighted by Gasteiger charge is -2.13. The molecular weight excluding hydrogens is 240 g/mol. The van der Waals surface area contributed by atoms with Crippen molar-refractivity contribution < 1.29 is 13.5 Å². The van der Waals surface area contributed by atoms with Crippen LogP contribution in [0.2, 0.25) is 0 Å². The maximum Gasteiger partial charge on any atom is 0.142 e. The second-order valence-electron chi connectivity index (χ2n) is 4.37. The Balaban J connectivity index is 1.97. The van der Waals surface area contributed by atoms with E-state index in [1.807, 2.05) is 6.92 Å². The van der Waals surface area contributed by atoms with Gasteiger partial charge in [-0.25, -0.2) is 18.4 Å². The number of nitrogens with zero attached hydrogens (tertiary/aromatic N) is 3. The van der Waals surface area contributed by atoms with Gasteiger partial charge in [-0.05, 0) is 13.0 Å². The highest BCUT2D eigenvalue weighted by atomic mass is 19.1. The van der Waals surface area contributed by atoms with Gasteiger partial charge >= 0.3 is 0 Å². The molecule has 2 heterocycles. The Bertz CT molecular complexity index is 573. The van der Waals surface area contributed by atoms with Crippen molar-refractivity contribution >= 4 is 0 Å². The maximum absolute atomic E-state index is 13.8. The average Bonchev–Trinajstić information content (AvgIpc) is 2.75. The molecule has 2 aromatic rings. The Morgan fingerprint density at radius 3 is 2.78 bits per heavy atom. The van der Waals surface area contributed by atoms with Crippen LogP contribution < -0.4 is 0 Å². The molecule has 2 atom stereocenters. The Labute approximate surface area is 102 Å². The molecule has 94 valence electrons. The number of ether oxygens (including phenoxy) is 1. The van der Waals surface area contributed by atoms with Gasteiger partial charge in [-0.15, -0.1) is 0 Å². The minimum absolute atomic E-state index is 0.137. The first-order valence-corrected chi connectivity index (χ1v) is 5.57. The number of epoxide rings is 1. The van der Waals surface area contributed by atoms with E-state index >= 15 is 0 Å². The highest BCUT2D eigenvalue weighted by Crippen LogP contribution is 2.48. The first-order chi connectivity index (χ1) is 8.62. The first-order valence-electron chi connectivity index (χ1n) is 5.57. The predicted molar refractivity (Wildman–Crippen MR) is 58.6 cm³/mol. The summed E-state index contributed by atoms with van der Waals surface area (Å²) in [6, 6.07) is 3.52. The fourth-order valence-electron chi connectivity index (χ4n) is 2.20. The molecule has 0 aliphatic carbocycles. The molecule has 1 unspecified atom stereocenters.